The van der Waals surface area contributed by atoms with Crippen molar-refractivity contribution < 1.29 is 9.32 Å². The zero-order chi connectivity index (χ0) is 16.7. The number of amides is 1. The van der Waals surface area contributed by atoms with Gasteiger partial charge in [-0.2, -0.15) is 5.10 Å². The van der Waals surface area contributed by atoms with Gasteiger partial charge in [-0.25, -0.2) is 0 Å². The second-order valence-corrected chi connectivity index (χ2v) is 6.98. The molecule has 6 nitrogen and oxygen atoms in total. The zero-order valence-electron chi connectivity index (χ0n) is 14.4. The monoisotopic (exact) mass is 328 g/mol. The smallest absolute Gasteiger partial charge is 0.272 e. The topological polar surface area (TPSA) is 64.2 Å². The molecule has 128 valence electrons. The number of fused-ring (bicyclic) bond motifs is 1. The van der Waals surface area contributed by atoms with E-state index in [1.165, 1.54) is 6.42 Å². The first kappa shape index (κ1) is 15.4. The van der Waals surface area contributed by atoms with Gasteiger partial charge in [0.2, 0.25) is 0 Å². The summed E-state index contributed by atoms with van der Waals surface area (Å²) >= 11 is 0. The maximum absolute atomic E-state index is 13.4. The number of carbonyl (C=O) groups is 1. The Kier molecular flexibility index (Phi) is 3.90. The van der Waals surface area contributed by atoms with Crippen molar-refractivity contribution in [3.8, 4) is 0 Å². The Morgan fingerprint density at radius 2 is 2.08 bits per heavy atom. The van der Waals surface area contributed by atoms with Gasteiger partial charge in [0.25, 0.3) is 5.91 Å². The summed E-state index contributed by atoms with van der Waals surface area (Å²) in [5.74, 6) is 0.888. The van der Waals surface area contributed by atoms with Gasteiger partial charge in [0.15, 0.2) is 0 Å². The van der Waals surface area contributed by atoms with E-state index in [2.05, 4.69) is 10.3 Å². The highest BCUT2D eigenvalue weighted by atomic mass is 16.5. The highest BCUT2D eigenvalue weighted by molar-refractivity contribution is 5.94. The second kappa shape index (κ2) is 6.07. The average molecular weight is 328 g/mol. The molecule has 6 heteroatoms. The summed E-state index contributed by atoms with van der Waals surface area (Å²) < 4.78 is 7.03. The van der Waals surface area contributed by atoms with Crippen LogP contribution in [-0.4, -0.2) is 32.3 Å². The number of aromatic nitrogens is 3. The normalized spacial score (nSPS) is 20.9. The Morgan fingerprint density at radius 3 is 2.88 bits per heavy atom. The molecule has 1 aliphatic heterocycles. The average Bonchev–Trinajstić information content (AvgIpc) is 3.16. The SMILES string of the molecule is Cc1cc([C@H]2CCCCN2C(=O)c2c3c(nn2C)CCCC3)no1. The van der Waals surface area contributed by atoms with E-state index in [9.17, 15) is 4.79 Å². The number of hydrogen-bond donors (Lipinski definition) is 0. The fourth-order valence-corrected chi connectivity index (χ4v) is 4.11. The van der Waals surface area contributed by atoms with E-state index in [1.54, 1.807) is 4.68 Å². The van der Waals surface area contributed by atoms with Crippen molar-refractivity contribution in [2.24, 2.45) is 7.05 Å². The van der Waals surface area contributed by atoms with Gasteiger partial charge in [-0.1, -0.05) is 5.16 Å². The number of aryl methyl sites for hydroxylation is 3. The summed E-state index contributed by atoms with van der Waals surface area (Å²) in [4.78, 5) is 15.3. The second-order valence-electron chi connectivity index (χ2n) is 6.98. The van der Waals surface area contributed by atoms with Crippen LogP contribution in [0.2, 0.25) is 0 Å². The molecule has 2 aromatic heterocycles. The summed E-state index contributed by atoms with van der Waals surface area (Å²) in [6, 6.07) is 1.97. The lowest BCUT2D eigenvalue weighted by atomic mass is 9.94. The Hall–Kier alpha value is -2.11. The molecular formula is C18H24N4O2. The quantitative estimate of drug-likeness (QED) is 0.850. The molecule has 2 aromatic rings. The lowest BCUT2D eigenvalue weighted by Crippen LogP contribution is -2.40. The predicted octanol–water partition coefficient (Wildman–Crippen LogP) is 2.96. The molecule has 24 heavy (non-hydrogen) atoms. The molecule has 2 aliphatic rings. The highest BCUT2D eigenvalue weighted by Gasteiger charge is 2.34. The largest absolute Gasteiger partial charge is 0.361 e. The Balaban J connectivity index is 1.68. The predicted molar refractivity (Wildman–Crippen MR) is 88.7 cm³/mol. The van der Waals surface area contributed by atoms with Gasteiger partial charge in [0, 0.05) is 25.2 Å². The van der Waals surface area contributed by atoms with Crippen LogP contribution in [0, 0.1) is 6.92 Å². The van der Waals surface area contributed by atoms with E-state index in [0.29, 0.717) is 0 Å². The molecular weight excluding hydrogens is 304 g/mol. The molecule has 1 fully saturated rings. The Labute approximate surface area is 141 Å². The maximum Gasteiger partial charge on any atom is 0.272 e. The Morgan fingerprint density at radius 1 is 1.25 bits per heavy atom. The van der Waals surface area contributed by atoms with Crippen LogP contribution in [0.5, 0.6) is 0 Å². The van der Waals surface area contributed by atoms with Crippen LogP contribution in [0.15, 0.2) is 10.6 Å². The molecule has 0 radical (unpaired) electrons. The summed E-state index contributed by atoms with van der Waals surface area (Å²) in [6.07, 6.45) is 7.36. The molecule has 1 aliphatic carbocycles. The Bertz CT molecular complexity index is 761. The van der Waals surface area contributed by atoms with Crippen LogP contribution < -0.4 is 0 Å². The van der Waals surface area contributed by atoms with Gasteiger partial charge in [0.1, 0.15) is 17.1 Å². The lowest BCUT2D eigenvalue weighted by molar-refractivity contribution is 0.0589. The molecule has 0 bridgehead atoms. The van der Waals surface area contributed by atoms with Crippen LogP contribution >= 0.6 is 0 Å². The number of carbonyl (C=O) groups excluding carboxylic acids is 1. The van der Waals surface area contributed by atoms with Crippen molar-refractivity contribution in [2.45, 2.75) is 57.9 Å². The zero-order valence-corrected chi connectivity index (χ0v) is 14.4. The van der Waals surface area contributed by atoms with Crippen molar-refractivity contribution in [1.82, 2.24) is 19.8 Å². The standard InChI is InChI=1S/C18H24N4O2/c1-12-11-15(20-24-12)16-9-5-6-10-22(16)18(23)17-13-7-3-4-8-14(13)19-21(17)2/h11,16H,3-10H2,1-2H3/t16-/m1/s1. The molecule has 3 heterocycles. The van der Waals surface area contributed by atoms with E-state index in [4.69, 9.17) is 4.52 Å². The van der Waals surface area contributed by atoms with E-state index in [1.807, 2.05) is 24.9 Å². The molecule has 0 aromatic carbocycles. The number of rotatable bonds is 2. The van der Waals surface area contributed by atoms with Gasteiger partial charge in [-0.05, 0) is 51.9 Å². The van der Waals surface area contributed by atoms with Crippen LogP contribution in [-0.2, 0) is 19.9 Å². The fraction of sp³-hybridized carbons (Fsp3) is 0.611. The van der Waals surface area contributed by atoms with E-state index in [0.717, 1.165) is 73.5 Å². The van der Waals surface area contributed by atoms with Gasteiger partial charge in [-0.15, -0.1) is 0 Å². The molecule has 1 saturated heterocycles. The molecule has 0 saturated carbocycles. The number of hydrogen-bond acceptors (Lipinski definition) is 4. The third-order valence-corrected chi connectivity index (χ3v) is 5.27. The van der Waals surface area contributed by atoms with Crippen molar-refractivity contribution in [3.05, 3.63) is 34.5 Å². The van der Waals surface area contributed by atoms with E-state index >= 15 is 0 Å². The first-order valence-corrected chi connectivity index (χ1v) is 8.94. The molecule has 4 rings (SSSR count). The minimum Gasteiger partial charge on any atom is -0.361 e. The van der Waals surface area contributed by atoms with Crippen LogP contribution in [0.3, 0.4) is 0 Å². The summed E-state index contributed by atoms with van der Waals surface area (Å²) in [6.45, 7) is 2.67. The fourth-order valence-electron chi connectivity index (χ4n) is 4.11. The third-order valence-electron chi connectivity index (χ3n) is 5.27. The summed E-state index contributed by atoms with van der Waals surface area (Å²) in [7, 11) is 1.89. The van der Waals surface area contributed by atoms with Gasteiger partial charge < -0.3 is 9.42 Å². The van der Waals surface area contributed by atoms with Gasteiger partial charge in [-0.3, -0.25) is 9.48 Å². The van der Waals surface area contributed by atoms with Crippen LogP contribution in [0.25, 0.3) is 0 Å². The summed E-state index contributed by atoms with van der Waals surface area (Å²) in [5, 5.41) is 8.78. The number of likely N-dealkylation sites (tertiary alicyclic amines) is 1. The van der Waals surface area contributed by atoms with E-state index in [-0.39, 0.29) is 11.9 Å². The van der Waals surface area contributed by atoms with Crippen LogP contribution in [0.1, 0.15) is 71.3 Å². The minimum absolute atomic E-state index is 0.0119. The molecule has 1 atom stereocenters. The third kappa shape index (κ3) is 2.54. The van der Waals surface area contributed by atoms with Gasteiger partial charge >= 0.3 is 0 Å². The van der Waals surface area contributed by atoms with Crippen molar-refractivity contribution >= 4 is 5.91 Å². The van der Waals surface area contributed by atoms with Crippen LogP contribution in [0.4, 0.5) is 0 Å². The first-order chi connectivity index (χ1) is 11.6. The van der Waals surface area contributed by atoms with E-state index < -0.39 is 0 Å². The lowest BCUT2D eigenvalue weighted by Gasteiger charge is -2.34. The highest BCUT2D eigenvalue weighted by Crippen LogP contribution is 2.33. The van der Waals surface area contributed by atoms with Gasteiger partial charge in [0.05, 0.1) is 11.7 Å². The summed E-state index contributed by atoms with van der Waals surface area (Å²) in [5.41, 5.74) is 3.92. The van der Waals surface area contributed by atoms with Crippen molar-refractivity contribution in [2.75, 3.05) is 6.54 Å². The molecule has 0 spiro atoms. The minimum atomic E-state index is 0.0119. The number of piperidine rings is 1. The molecule has 1 amide bonds. The van der Waals surface area contributed by atoms with Crippen molar-refractivity contribution in [3.63, 3.8) is 0 Å². The number of nitrogens with zero attached hydrogens (tertiary/aromatic N) is 4. The molecule has 0 unspecified atom stereocenters. The van der Waals surface area contributed by atoms with Crippen molar-refractivity contribution in [1.29, 1.82) is 0 Å². The molecule has 0 N–H and O–H groups in total. The first-order valence-electron chi connectivity index (χ1n) is 8.94. The maximum atomic E-state index is 13.4.